The molecule has 0 atom stereocenters. The molecule has 3 rings (SSSR count). The molecule has 0 radical (unpaired) electrons. The third-order valence-electron chi connectivity index (χ3n) is 3.26. The van der Waals surface area contributed by atoms with E-state index in [4.69, 9.17) is 16.3 Å². The molecule has 1 N–H and O–H groups in total. The zero-order valence-corrected chi connectivity index (χ0v) is 14.7. The second-order valence-corrected chi connectivity index (χ2v) is 8.10. The Balaban J connectivity index is 1.57. The Morgan fingerprint density at radius 3 is 2.74 bits per heavy atom. The second-order valence-electron chi connectivity index (χ2n) is 4.97. The highest BCUT2D eigenvalue weighted by Crippen LogP contribution is 2.45. The van der Waals surface area contributed by atoms with Crippen molar-refractivity contribution in [3.05, 3.63) is 59.1 Å². The predicted molar refractivity (Wildman–Crippen MR) is 99.7 cm³/mol. The van der Waals surface area contributed by atoms with E-state index in [1.54, 1.807) is 12.1 Å². The number of carbonyl (C=O) groups excluding carboxylic acids is 1. The molecule has 1 aliphatic rings. The number of carbonyl (C=O) groups is 1. The molecule has 0 unspecified atom stereocenters. The first-order valence-electron chi connectivity index (χ1n) is 7.23. The van der Waals surface area contributed by atoms with Gasteiger partial charge in [-0.25, -0.2) is 0 Å². The fraction of sp³-hybridized carbons (Fsp3) is 0.235. The smallest absolute Gasteiger partial charge is 0.262 e. The van der Waals surface area contributed by atoms with E-state index >= 15 is 0 Å². The normalized spacial score (nSPS) is 14.7. The highest BCUT2D eigenvalue weighted by molar-refractivity contribution is 8.19. The molecule has 1 amide bonds. The van der Waals surface area contributed by atoms with Crippen molar-refractivity contribution in [2.24, 2.45) is 0 Å². The molecule has 3 nitrogen and oxygen atoms in total. The zero-order chi connectivity index (χ0) is 16.1. The third kappa shape index (κ3) is 4.59. The van der Waals surface area contributed by atoms with Crippen LogP contribution in [0.25, 0.3) is 0 Å². The fourth-order valence-electron chi connectivity index (χ4n) is 2.22. The van der Waals surface area contributed by atoms with Crippen molar-refractivity contribution in [1.29, 1.82) is 0 Å². The van der Waals surface area contributed by atoms with Gasteiger partial charge >= 0.3 is 0 Å². The lowest BCUT2D eigenvalue weighted by molar-refractivity contribution is -0.118. The van der Waals surface area contributed by atoms with E-state index < -0.39 is 0 Å². The Labute approximate surface area is 149 Å². The molecule has 1 heterocycles. The number of hydrogen-bond donors (Lipinski definition) is 1. The van der Waals surface area contributed by atoms with E-state index in [9.17, 15) is 4.79 Å². The van der Waals surface area contributed by atoms with Gasteiger partial charge in [0.05, 0.1) is 9.60 Å². The molecule has 1 aliphatic heterocycles. The van der Waals surface area contributed by atoms with E-state index in [0.29, 0.717) is 15.4 Å². The van der Waals surface area contributed by atoms with Crippen LogP contribution in [-0.2, 0) is 4.79 Å². The molecule has 120 valence electrons. The molecule has 0 aliphatic carbocycles. The summed E-state index contributed by atoms with van der Waals surface area (Å²) in [6, 6.07) is 15.1. The summed E-state index contributed by atoms with van der Waals surface area (Å²) in [6.45, 7) is -0.0686. The van der Waals surface area contributed by atoms with Crippen molar-refractivity contribution >= 4 is 46.7 Å². The number of anilines is 1. The first-order chi connectivity index (χ1) is 11.2. The van der Waals surface area contributed by atoms with E-state index in [1.807, 2.05) is 53.9 Å². The molecule has 1 saturated heterocycles. The average molecular weight is 366 g/mol. The lowest BCUT2D eigenvalue weighted by Gasteiger charge is -2.12. The number of amides is 1. The summed E-state index contributed by atoms with van der Waals surface area (Å²) in [5.74, 6) is 2.67. The Kier molecular flexibility index (Phi) is 5.75. The number of benzene rings is 2. The van der Waals surface area contributed by atoms with Gasteiger partial charge in [0, 0.05) is 17.2 Å². The van der Waals surface area contributed by atoms with Crippen LogP contribution in [0.3, 0.4) is 0 Å². The van der Waals surface area contributed by atoms with Crippen molar-refractivity contribution in [3.63, 3.8) is 0 Å². The zero-order valence-electron chi connectivity index (χ0n) is 12.3. The van der Waals surface area contributed by atoms with Gasteiger partial charge in [-0.3, -0.25) is 4.79 Å². The van der Waals surface area contributed by atoms with Crippen molar-refractivity contribution in [1.82, 2.24) is 0 Å². The molecule has 0 aromatic heterocycles. The number of nitrogens with one attached hydrogen (secondary N) is 1. The molecule has 6 heteroatoms. The van der Waals surface area contributed by atoms with Gasteiger partial charge in [-0.2, -0.15) is 0 Å². The van der Waals surface area contributed by atoms with Gasteiger partial charge in [0.2, 0.25) is 0 Å². The summed E-state index contributed by atoms with van der Waals surface area (Å²) in [7, 11) is 0. The average Bonchev–Trinajstić information content (AvgIpc) is 3.09. The summed E-state index contributed by atoms with van der Waals surface area (Å²) in [6.07, 6.45) is 0. The highest BCUT2D eigenvalue weighted by Gasteiger charge is 2.18. The van der Waals surface area contributed by atoms with Crippen molar-refractivity contribution in [2.75, 3.05) is 23.4 Å². The maximum atomic E-state index is 12.0. The van der Waals surface area contributed by atoms with Crippen molar-refractivity contribution in [3.8, 4) is 5.75 Å². The van der Waals surface area contributed by atoms with E-state index in [1.165, 1.54) is 17.1 Å². The van der Waals surface area contributed by atoms with Gasteiger partial charge in [-0.15, -0.1) is 23.5 Å². The third-order valence-corrected chi connectivity index (χ3v) is 6.68. The first-order valence-corrected chi connectivity index (χ1v) is 9.70. The molecular weight excluding hydrogens is 350 g/mol. The molecular formula is C17H16ClNO2S2. The summed E-state index contributed by atoms with van der Waals surface area (Å²) >= 11 is 9.89. The van der Waals surface area contributed by atoms with Gasteiger partial charge in [0.1, 0.15) is 5.75 Å². The molecule has 0 bridgehead atoms. The van der Waals surface area contributed by atoms with Crippen LogP contribution in [-0.4, -0.2) is 24.0 Å². The largest absolute Gasteiger partial charge is 0.482 e. The predicted octanol–water partition coefficient (Wildman–Crippen LogP) is 4.84. The summed E-state index contributed by atoms with van der Waals surface area (Å²) in [5.41, 5.74) is 2.03. The number of hydrogen-bond acceptors (Lipinski definition) is 4. The van der Waals surface area contributed by atoms with Gasteiger partial charge in [0.15, 0.2) is 6.61 Å². The Bertz CT molecular complexity index is 690. The van der Waals surface area contributed by atoms with Crippen LogP contribution in [0.2, 0.25) is 5.02 Å². The monoisotopic (exact) mass is 365 g/mol. The number of rotatable bonds is 5. The van der Waals surface area contributed by atoms with Crippen LogP contribution < -0.4 is 10.1 Å². The lowest BCUT2D eigenvalue weighted by Crippen LogP contribution is -2.20. The Morgan fingerprint density at radius 2 is 1.96 bits per heavy atom. The van der Waals surface area contributed by atoms with E-state index in [0.717, 1.165) is 5.69 Å². The molecule has 2 aromatic rings. The molecule has 1 fully saturated rings. The number of ether oxygens (including phenoxy) is 1. The van der Waals surface area contributed by atoms with Crippen LogP contribution in [0.4, 0.5) is 5.69 Å². The fourth-order valence-corrected chi connectivity index (χ4v) is 5.24. The van der Waals surface area contributed by atoms with Crippen LogP contribution in [0, 0.1) is 0 Å². The highest BCUT2D eigenvalue weighted by atomic mass is 35.5. The summed E-state index contributed by atoms with van der Waals surface area (Å²) in [4.78, 5) is 12.0. The summed E-state index contributed by atoms with van der Waals surface area (Å²) in [5, 5.41) is 3.37. The van der Waals surface area contributed by atoms with E-state index in [2.05, 4.69) is 11.4 Å². The lowest BCUT2D eigenvalue weighted by atomic mass is 10.2. The van der Waals surface area contributed by atoms with Gasteiger partial charge in [0.25, 0.3) is 5.91 Å². The number of para-hydroxylation sites is 1. The standard InChI is InChI=1S/C17H16ClNO2S2/c18-14-6-1-2-7-15(14)21-11-16(20)19-13-5-3-4-12(10-13)17-22-8-9-23-17/h1-7,10,17H,8-9,11H2,(H,19,20). The molecule has 2 aromatic carbocycles. The first kappa shape index (κ1) is 16.6. The summed E-state index contributed by atoms with van der Waals surface area (Å²) < 4.78 is 5.91. The van der Waals surface area contributed by atoms with Crippen LogP contribution in [0.15, 0.2) is 48.5 Å². The maximum Gasteiger partial charge on any atom is 0.262 e. The molecule has 23 heavy (non-hydrogen) atoms. The minimum absolute atomic E-state index is 0.0686. The minimum Gasteiger partial charge on any atom is -0.482 e. The Morgan fingerprint density at radius 1 is 1.17 bits per heavy atom. The van der Waals surface area contributed by atoms with Gasteiger partial charge in [-0.05, 0) is 29.8 Å². The van der Waals surface area contributed by atoms with Crippen molar-refractivity contribution < 1.29 is 9.53 Å². The van der Waals surface area contributed by atoms with Gasteiger partial charge in [-0.1, -0.05) is 35.9 Å². The van der Waals surface area contributed by atoms with Crippen LogP contribution >= 0.6 is 35.1 Å². The van der Waals surface area contributed by atoms with Crippen LogP contribution in [0.5, 0.6) is 5.75 Å². The van der Waals surface area contributed by atoms with Gasteiger partial charge < -0.3 is 10.1 Å². The number of halogens is 1. The number of thioether (sulfide) groups is 2. The second kappa shape index (κ2) is 7.99. The quantitative estimate of drug-likeness (QED) is 0.823. The topological polar surface area (TPSA) is 38.3 Å². The molecule has 0 saturated carbocycles. The van der Waals surface area contributed by atoms with E-state index in [-0.39, 0.29) is 12.5 Å². The maximum absolute atomic E-state index is 12.0. The van der Waals surface area contributed by atoms with Crippen LogP contribution in [0.1, 0.15) is 10.1 Å². The Hall–Kier alpha value is -1.30. The minimum atomic E-state index is -0.200. The molecule has 0 spiro atoms. The van der Waals surface area contributed by atoms with Crippen molar-refractivity contribution in [2.45, 2.75) is 4.58 Å². The SMILES string of the molecule is O=C(COc1ccccc1Cl)Nc1cccc(C2SCCS2)c1.